The van der Waals surface area contributed by atoms with Crippen LogP contribution < -0.4 is 31.9 Å². The summed E-state index contributed by atoms with van der Waals surface area (Å²) in [5.41, 5.74) is 1.71. The second-order valence-corrected chi connectivity index (χ2v) is 17.5. The van der Waals surface area contributed by atoms with E-state index < -0.39 is 34.5 Å². The van der Waals surface area contributed by atoms with Gasteiger partial charge in [-0.2, -0.15) is 0 Å². The molecule has 3 radical (unpaired) electrons. The number of nitrogens with one attached hydrogen (secondary N) is 6. The number of aryl methyl sites for hydroxylation is 3. The number of nitrogens with zero attached hydrogens (tertiary/aromatic N) is 3. The minimum Gasteiger partial charge on any atom is -0.380 e. The van der Waals surface area contributed by atoms with Gasteiger partial charge in [0, 0.05) is 166 Å². The van der Waals surface area contributed by atoms with Crippen molar-refractivity contribution >= 4 is 69.7 Å². The van der Waals surface area contributed by atoms with Crippen LogP contribution in [0.4, 0.5) is 34.3 Å². The molecule has 3 aromatic heterocycles. The molecule has 18 nitrogen and oxygen atoms in total. The van der Waals surface area contributed by atoms with Crippen LogP contribution >= 0.6 is 0 Å². The average Bonchev–Trinajstić information content (AvgIpc) is 3.43. The molecule has 0 aliphatic carbocycles. The van der Waals surface area contributed by atoms with Gasteiger partial charge >= 0.3 is 0 Å². The van der Waals surface area contributed by atoms with Crippen LogP contribution in [0.1, 0.15) is 119 Å². The molecule has 0 unspecified atom stereocenters. The third kappa shape index (κ3) is 37.5. The maximum absolute atomic E-state index is 12.2. The second-order valence-electron chi connectivity index (χ2n) is 17.5. The molecule has 84 heavy (non-hydrogen) atoms. The summed E-state index contributed by atoms with van der Waals surface area (Å²) in [6.07, 6.45) is 10.3. The molecule has 9 N–H and O–H groups in total. The number of anilines is 6. The van der Waals surface area contributed by atoms with E-state index in [0.29, 0.717) is 53.5 Å². The number of hydrogen-bond donors (Lipinski definition) is 9. The van der Waals surface area contributed by atoms with E-state index in [1.807, 2.05) is 77.9 Å². The van der Waals surface area contributed by atoms with Crippen LogP contribution in [0.15, 0.2) is 146 Å². The van der Waals surface area contributed by atoms with E-state index in [4.69, 9.17) is 0 Å². The predicted molar refractivity (Wildman–Crippen MR) is 331 cm³/mol. The van der Waals surface area contributed by atoms with Crippen molar-refractivity contribution in [3.63, 3.8) is 0 Å². The Kier molecular flexibility index (Phi) is 53.0. The van der Waals surface area contributed by atoms with Crippen molar-refractivity contribution in [2.24, 2.45) is 0 Å². The van der Waals surface area contributed by atoms with E-state index >= 15 is 0 Å². The Bertz CT molecular complexity index is 2410. The fourth-order valence-electron chi connectivity index (χ4n) is 6.47. The number of pyridine rings is 3. The maximum atomic E-state index is 12.2. The van der Waals surface area contributed by atoms with Crippen molar-refractivity contribution in [2.75, 3.05) is 31.9 Å². The maximum Gasteiger partial charge on any atom is 0.257 e. The van der Waals surface area contributed by atoms with Crippen LogP contribution in [0.3, 0.4) is 0 Å². The summed E-state index contributed by atoms with van der Waals surface area (Å²) in [5.74, 6) is -1.39. The third-order valence-corrected chi connectivity index (χ3v) is 10.8. The molecular weight excluding hydrogens is 1290 g/mol. The number of benzene rings is 3. The zero-order valence-electron chi connectivity index (χ0n) is 52.0. The normalized spacial score (nSPS) is 11.3. The molecule has 0 saturated heterocycles. The predicted octanol–water partition coefficient (Wildman–Crippen LogP) is 11.5. The SMILES string of the molecule is CC.CC.CC.CC(=O)Nc1ccc(CC[C@](C)(O)C(=O)Nc2ccccn2)cc1.CC(=O)Nc1ccc(CC[C@](C)(O)C(=O)Nc2cccnc2)cc1.CC(=O)Nc1ccc(CC[C@](C)(O)C(=O)Nc2ccncc2)cc1.[CH3-].[CH3-].[CH3-].[Y].[Y].[Y]. The first-order valence-electron chi connectivity index (χ1n) is 26.0. The van der Waals surface area contributed by atoms with Gasteiger partial charge in [-0.05, 0) is 149 Å². The van der Waals surface area contributed by atoms with Crippen molar-refractivity contribution in [3.05, 3.63) is 185 Å². The number of amides is 6. The molecule has 0 saturated carbocycles. The van der Waals surface area contributed by atoms with Gasteiger partial charge in [0.2, 0.25) is 17.7 Å². The van der Waals surface area contributed by atoms with Gasteiger partial charge in [-0.25, -0.2) is 4.98 Å². The summed E-state index contributed by atoms with van der Waals surface area (Å²) >= 11 is 0. The Balaban J connectivity index is -0.000000251. The second kappa shape index (κ2) is 49.3. The number of carbonyl (C=O) groups excluding carboxylic acids is 6. The van der Waals surface area contributed by atoms with E-state index in [9.17, 15) is 44.1 Å². The molecular formula is C63H90N9O9Y3-3. The molecule has 0 spiro atoms. The zero-order chi connectivity index (χ0) is 58.7. The van der Waals surface area contributed by atoms with Gasteiger partial charge in [0.15, 0.2) is 0 Å². The zero-order valence-corrected chi connectivity index (χ0v) is 60.5. The number of rotatable bonds is 18. The molecule has 21 heteroatoms. The molecule has 0 aliphatic heterocycles. The molecule has 453 valence electrons. The van der Waals surface area contributed by atoms with Gasteiger partial charge in [0.05, 0.1) is 11.9 Å². The Labute approximate surface area is 576 Å². The Morgan fingerprint density at radius 1 is 0.381 bits per heavy atom. The first-order valence-corrected chi connectivity index (χ1v) is 26.0. The minimum absolute atomic E-state index is 0. The monoisotopic (exact) mass is 1380 g/mol. The van der Waals surface area contributed by atoms with Gasteiger partial charge in [-0.15, -0.1) is 0 Å². The fraction of sp³-hybridized carbons (Fsp3) is 0.333. The minimum atomic E-state index is -1.51. The van der Waals surface area contributed by atoms with Gasteiger partial charge in [-0.3, -0.25) is 38.7 Å². The van der Waals surface area contributed by atoms with E-state index in [1.165, 1.54) is 47.7 Å². The van der Waals surface area contributed by atoms with Crippen LogP contribution in [0.25, 0.3) is 0 Å². The van der Waals surface area contributed by atoms with E-state index in [-0.39, 0.29) is 157 Å². The average molecular weight is 1380 g/mol. The van der Waals surface area contributed by atoms with Crippen molar-refractivity contribution in [2.45, 2.75) is 138 Å². The van der Waals surface area contributed by atoms with Crippen molar-refractivity contribution in [3.8, 4) is 0 Å². The van der Waals surface area contributed by atoms with Gasteiger partial charge < -0.3 is 69.5 Å². The van der Waals surface area contributed by atoms with Crippen molar-refractivity contribution in [1.29, 1.82) is 0 Å². The third-order valence-electron chi connectivity index (χ3n) is 10.8. The van der Waals surface area contributed by atoms with E-state index in [1.54, 1.807) is 104 Å². The Hall–Kier alpha value is -4.88. The molecule has 6 amide bonds. The van der Waals surface area contributed by atoms with Crippen LogP contribution in [0.5, 0.6) is 0 Å². The van der Waals surface area contributed by atoms with Crippen LogP contribution in [0, 0.1) is 22.3 Å². The Morgan fingerprint density at radius 2 is 0.702 bits per heavy atom. The summed E-state index contributed by atoms with van der Waals surface area (Å²) in [5, 5.41) is 47.2. The van der Waals surface area contributed by atoms with Crippen LogP contribution in [-0.2, 0) is 146 Å². The van der Waals surface area contributed by atoms with Crippen molar-refractivity contribution in [1.82, 2.24) is 15.0 Å². The molecule has 3 atom stereocenters. The largest absolute Gasteiger partial charge is 0.380 e. The fourth-order valence-corrected chi connectivity index (χ4v) is 6.47. The van der Waals surface area contributed by atoms with Crippen molar-refractivity contribution < 1.29 is 142 Å². The molecule has 0 fully saturated rings. The van der Waals surface area contributed by atoms with Crippen LogP contribution in [-0.4, -0.2) is 82.5 Å². The van der Waals surface area contributed by atoms with E-state index in [2.05, 4.69) is 46.9 Å². The number of aromatic nitrogens is 3. The summed E-state index contributed by atoms with van der Waals surface area (Å²) in [6, 6.07) is 33.8. The first-order chi connectivity index (χ1) is 37.1. The molecule has 3 aromatic carbocycles. The topological polar surface area (TPSA) is 274 Å². The summed E-state index contributed by atoms with van der Waals surface area (Å²) in [6.45, 7) is 20.8. The Morgan fingerprint density at radius 3 is 1.00 bits per heavy atom. The number of carbonyl (C=O) groups is 6. The van der Waals surface area contributed by atoms with Crippen LogP contribution in [0.2, 0.25) is 0 Å². The van der Waals surface area contributed by atoms with Gasteiger partial charge in [0.1, 0.15) is 22.6 Å². The summed E-state index contributed by atoms with van der Waals surface area (Å²) in [7, 11) is 0. The molecule has 0 bridgehead atoms. The van der Waals surface area contributed by atoms with Gasteiger partial charge in [0.25, 0.3) is 17.7 Å². The molecule has 6 aromatic rings. The quantitative estimate of drug-likeness (QED) is 0.0364. The summed E-state index contributed by atoms with van der Waals surface area (Å²) in [4.78, 5) is 81.3. The van der Waals surface area contributed by atoms with Gasteiger partial charge in [-0.1, -0.05) is 84.0 Å². The summed E-state index contributed by atoms with van der Waals surface area (Å²) < 4.78 is 0. The van der Waals surface area contributed by atoms with E-state index in [0.717, 1.165) is 16.7 Å². The standard InChI is InChI=1S/3C18H21N3O3.3C2H6.3CH3.3Y/c1-13(22)20-15-5-3-14(4-6-15)7-10-18(2,24)17(23)21-16-8-11-19-12-9-16;1-13(22)20-15-7-5-14(6-8-15)9-10-18(2,24)17(23)21-16-4-3-11-19-12-16;1-13(22)20-15-8-6-14(7-9-15)10-11-18(2,24)17(23)21-16-5-3-4-12-19-16;3*1-2;;;;;;/h3-6,8-9,11-12,24H,7,10H2,1-2H3,(H,20,22)(H,19,21,23);3-8,11-12,24H,9-10H2,1-2H3,(H,20,22)(H,21,23);3-9,12,24H,10-11H2,1-2H3,(H,20,22)(H,19,21,23);3*1-2H3;3*1H3;;;/q;;;;;;3*-1;;;/t3*18-;;;;;;;;;/m000........./s1. The molecule has 6 rings (SSSR count). The number of hydrogen-bond acceptors (Lipinski definition) is 12. The molecule has 3 heterocycles. The molecule has 0 aliphatic rings. The smallest absolute Gasteiger partial charge is 0.257 e. The number of aliphatic hydroxyl groups is 3. The first kappa shape index (κ1) is 90.3.